The molecule has 2 aromatic heterocycles. The molecular weight excluding hydrogens is 272 g/mol. The number of aryl methyl sites for hydroxylation is 3. The Morgan fingerprint density at radius 1 is 1.60 bits per heavy atom. The van der Waals surface area contributed by atoms with Gasteiger partial charge in [-0.15, -0.1) is 11.3 Å². The Labute approximate surface area is 122 Å². The molecule has 1 aliphatic heterocycles. The van der Waals surface area contributed by atoms with Gasteiger partial charge < -0.3 is 9.88 Å². The fraction of sp³-hybridized carbons (Fsp3) is 0.500. The van der Waals surface area contributed by atoms with Crippen LogP contribution in [0, 0.1) is 6.92 Å². The second-order valence-electron chi connectivity index (χ2n) is 5.13. The summed E-state index contributed by atoms with van der Waals surface area (Å²) in [5.41, 5.74) is 1.04. The van der Waals surface area contributed by atoms with Gasteiger partial charge in [-0.25, -0.2) is 9.97 Å². The molecule has 0 saturated heterocycles. The second kappa shape index (κ2) is 5.36. The number of nitrogens with one attached hydrogen (secondary N) is 1. The van der Waals surface area contributed by atoms with Gasteiger partial charge in [-0.1, -0.05) is 6.92 Å². The fourth-order valence-electron chi connectivity index (χ4n) is 2.54. The Morgan fingerprint density at radius 2 is 2.45 bits per heavy atom. The van der Waals surface area contributed by atoms with E-state index in [0.717, 1.165) is 42.3 Å². The topological polar surface area (TPSA) is 59.8 Å². The van der Waals surface area contributed by atoms with Crippen molar-refractivity contribution in [2.45, 2.75) is 45.7 Å². The number of hydrogen-bond acceptors (Lipinski definition) is 4. The number of imidazole rings is 1. The van der Waals surface area contributed by atoms with E-state index in [-0.39, 0.29) is 11.9 Å². The Morgan fingerprint density at radius 3 is 3.20 bits per heavy atom. The maximum atomic E-state index is 12.2. The normalized spacial score (nSPS) is 17.8. The number of rotatable bonds is 3. The van der Waals surface area contributed by atoms with Gasteiger partial charge in [0.25, 0.3) is 5.91 Å². The summed E-state index contributed by atoms with van der Waals surface area (Å²) in [6.07, 6.45) is 6.46. The highest BCUT2D eigenvalue weighted by molar-refractivity contribution is 7.13. The van der Waals surface area contributed by atoms with Gasteiger partial charge in [0, 0.05) is 25.2 Å². The fourth-order valence-corrected chi connectivity index (χ4v) is 3.30. The molecule has 0 bridgehead atoms. The minimum Gasteiger partial charge on any atom is -0.347 e. The summed E-state index contributed by atoms with van der Waals surface area (Å²) in [5.74, 6) is 1.12. The third-order valence-electron chi connectivity index (χ3n) is 3.53. The van der Waals surface area contributed by atoms with Crippen LogP contribution in [0.1, 0.15) is 39.5 Å². The van der Waals surface area contributed by atoms with Crippen LogP contribution < -0.4 is 5.32 Å². The van der Waals surface area contributed by atoms with Crippen molar-refractivity contribution < 1.29 is 4.79 Å². The van der Waals surface area contributed by atoms with E-state index in [4.69, 9.17) is 0 Å². The summed E-state index contributed by atoms with van der Waals surface area (Å²) >= 11 is 1.48. The quantitative estimate of drug-likeness (QED) is 0.940. The second-order valence-corrected chi connectivity index (χ2v) is 6.25. The number of amides is 1. The summed E-state index contributed by atoms with van der Waals surface area (Å²) in [5, 5.41) is 4.11. The third kappa shape index (κ3) is 2.60. The van der Waals surface area contributed by atoms with Crippen LogP contribution in [-0.2, 0) is 19.4 Å². The smallest absolute Gasteiger partial charge is 0.263 e. The Balaban J connectivity index is 1.65. The number of thiazole rings is 1. The minimum absolute atomic E-state index is 0.00696. The molecule has 0 fully saturated rings. The zero-order chi connectivity index (χ0) is 14.1. The standard InChI is InChI=1S/C14H18N4OS/c1-3-13-15-6-11(20-13)14(19)17-10-4-5-12-16-9(2)7-18(12)8-10/h6-7,10H,3-5,8H2,1-2H3,(H,17,19)/t10-/m0/s1. The summed E-state index contributed by atoms with van der Waals surface area (Å²) in [7, 11) is 0. The summed E-state index contributed by atoms with van der Waals surface area (Å²) in [6.45, 7) is 4.86. The molecule has 2 aromatic rings. The summed E-state index contributed by atoms with van der Waals surface area (Å²) < 4.78 is 2.15. The van der Waals surface area contributed by atoms with Crippen LogP contribution in [-0.4, -0.2) is 26.5 Å². The first-order chi connectivity index (χ1) is 9.65. The molecule has 0 spiro atoms. The molecule has 1 atom stereocenters. The molecule has 0 aliphatic carbocycles. The summed E-state index contributed by atoms with van der Waals surface area (Å²) in [6, 6.07) is 0.177. The van der Waals surface area contributed by atoms with Crippen LogP contribution >= 0.6 is 11.3 Å². The molecule has 0 aromatic carbocycles. The number of carbonyl (C=O) groups excluding carboxylic acids is 1. The SMILES string of the molecule is CCc1ncc(C(=O)N[C@H]2CCc3nc(C)cn3C2)s1. The predicted molar refractivity (Wildman–Crippen MR) is 78.0 cm³/mol. The zero-order valence-corrected chi connectivity index (χ0v) is 12.5. The van der Waals surface area contributed by atoms with E-state index in [1.54, 1.807) is 6.20 Å². The van der Waals surface area contributed by atoms with Crippen molar-refractivity contribution in [3.05, 3.63) is 33.8 Å². The molecule has 3 heterocycles. The highest BCUT2D eigenvalue weighted by Crippen LogP contribution is 2.17. The molecule has 106 valence electrons. The number of nitrogens with zero attached hydrogens (tertiary/aromatic N) is 3. The van der Waals surface area contributed by atoms with Crippen LogP contribution in [0.15, 0.2) is 12.4 Å². The molecule has 1 amide bonds. The van der Waals surface area contributed by atoms with Crippen LogP contribution in [0.25, 0.3) is 0 Å². The first kappa shape index (κ1) is 13.3. The molecule has 1 aliphatic rings. The van der Waals surface area contributed by atoms with E-state index in [1.165, 1.54) is 11.3 Å². The minimum atomic E-state index is -0.00696. The van der Waals surface area contributed by atoms with Crippen molar-refractivity contribution in [1.29, 1.82) is 0 Å². The predicted octanol–water partition coefficient (Wildman–Crippen LogP) is 1.96. The number of aromatic nitrogens is 3. The van der Waals surface area contributed by atoms with Gasteiger partial charge in [0.2, 0.25) is 0 Å². The lowest BCUT2D eigenvalue weighted by molar-refractivity contribution is 0.0931. The average molecular weight is 290 g/mol. The molecule has 6 heteroatoms. The van der Waals surface area contributed by atoms with Crippen LogP contribution in [0.4, 0.5) is 0 Å². The van der Waals surface area contributed by atoms with Crippen molar-refractivity contribution in [2.24, 2.45) is 0 Å². The molecule has 5 nitrogen and oxygen atoms in total. The van der Waals surface area contributed by atoms with Crippen LogP contribution in [0.3, 0.4) is 0 Å². The molecule has 20 heavy (non-hydrogen) atoms. The van der Waals surface area contributed by atoms with Gasteiger partial charge in [-0.2, -0.15) is 0 Å². The van der Waals surface area contributed by atoms with Gasteiger partial charge >= 0.3 is 0 Å². The number of carbonyl (C=O) groups is 1. The lowest BCUT2D eigenvalue weighted by atomic mass is 10.1. The molecule has 1 N–H and O–H groups in total. The van der Waals surface area contributed by atoms with Crippen LogP contribution in [0.2, 0.25) is 0 Å². The highest BCUT2D eigenvalue weighted by Gasteiger charge is 2.22. The summed E-state index contributed by atoms with van der Waals surface area (Å²) in [4.78, 5) is 21.6. The van der Waals surface area contributed by atoms with Gasteiger partial charge in [-0.3, -0.25) is 4.79 Å². The zero-order valence-electron chi connectivity index (χ0n) is 11.7. The molecule has 0 saturated carbocycles. The average Bonchev–Trinajstić information content (AvgIpc) is 3.03. The van der Waals surface area contributed by atoms with Gasteiger partial charge in [0.15, 0.2) is 0 Å². The van der Waals surface area contributed by atoms with E-state index in [0.29, 0.717) is 4.88 Å². The molecule has 0 unspecified atom stereocenters. The van der Waals surface area contributed by atoms with E-state index in [1.807, 2.05) is 13.8 Å². The van der Waals surface area contributed by atoms with Crippen LogP contribution in [0.5, 0.6) is 0 Å². The van der Waals surface area contributed by atoms with Gasteiger partial charge in [0.05, 0.1) is 16.9 Å². The molecular formula is C14H18N4OS. The van der Waals surface area contributed by atoms with E-state index in [2.05, 4.69) is 26.0 Å². The maximum absolute atomic E-state index is 12.2. The maximum Gasteiger partial charge on any atom is 0.263 e. The van der Waals surface area contributed by atoms with Crippen molar-refractivity contribution in [1.82, 2.24) is 19.9 Å². The Kier molecular flexibility index (Phi) is 3.56. The third-order valence-corrected chi connectivity index (χ3v) is 4.67. The first-order valence-electron chi connectivity index (χ1n) is 6.94. The first-order valence-corrected chi connectivity index (χ1v) is 7.75. The van der Waals surface area contributed by atoms with Crippen molar-refractivity contribution in [3.8, 4) is 0 Å². The number of hydrogen-bond donors (Lipinski definition) is 1. The lowest BCUT2D eigenvalue weighted by Crippen LogP contribution is -2.40. The van der Waals surface area contributed by atoms with E-state index >= 15 is 0 Å². The monoisotopic (exact) mass is 290 g/mol. The highest BCUT2D eigenvalue weighted by atomic mass is 32.1. The van der Waals surface area contributed by atoms with Crippen molar-refractivity contribution in [3.63, 3.8) is 0 Å². The van der Waals surface area contributed by atoms with Crippen molar-refractivity contribution in [2.75, 3.05) is 0 Å². The van der Waals surface area contributed by atoms with Gasteiger partial charge in [0.1, 0.15) is 10.7 Å². The lowest BCUT2D eigenvalue weighted by Gasteiger charge is -2.24. The van der Waals surface area contributed by atoms with E-state index < -0.39 is 0 Å². The Hall–Kier alpha value is -1.69. The van der Waals surface area contributed by atoms with E-state index in [9.17, 15) is 4.79 Å². The molecule has 3 rings (SSSR count). The Bertz CT molecular complexity index is 631. The number of fused-ring (bicyclic) bond motifs is 1. The van der Waals surface area contributed by atoms with Crippen molar-refractivity contribution >= 4 is 17.2 Å². The molecule has 0 radical (unpaired) electrons. The largest absolute Gasteiger partial charge is 0.347 e. The van der Waals surface area contributed by atoms with Gasteiger partial charge in [-0.05, 0) is 19.8 Å².